The third kappa shape index (κ3) is 4.13. The van der Waals surface area contributed by atoms with E-state index in [0.717, 1.165) is 49.7 Å². The lowest BCUT2D eigenvalue weighted by molar-refractivity contribution is 0.317. The maximum Gasteiger partial charge on any atom is 0.137 e. The second-order valence-electron chi connectivity index (χ2n) is 4.81. The lowest BCUT2D eigenvalue weighted by atomic mass is 10.2. The number of benzene rings is 1. The number of rotatable bonds is 4. The van der Waals surface area contributed by atoms with E-state index in [0.29, 0.717) is 0 Å². The van der Waals surface area contributed by atoms with E-state index in [1.165, 1.54) is 11.4 Å². The molecular formula is C15H21Cl2N3O. The van der Waals surface area contributed by atoms with Gasteiger partial charge in [0.25, 0.3) is 0 Å². The highest BCUT2D eigenvalue weighted by Crippen LogP contribution is 2.24. The third-order valence-corrected chi connectivity index (χ3v) is 3.29. The van der Waals surface area contributed by atoms with E-state index in [9.17, 15) is 0 Å². The number of fused-ring (bicyclic) bond motifs is 1. The minimum absolute atomic E-state index is 0. The van der Waals surface area contributed by atoms with Crippen LogP contribution in [-0.2, 0) is 13.0 Å². The Balaban J connectivity index is 0.00000110. The second kappa shape index (κ2) is 8.27. The van der Waals surface area contributed by atoms with Crippen molar-refractivity contribution in [3.8, 4) is 17.1 Å². The summed E-state index contributed by atoms with van der Waals surface area (Å²) < 4.78 is 5.67. The number of hydrogen-bond donors (Lipinski definition) is 2. The quantitative estimate of drug-likeness (QED) is 0.904. The van der Waals surface area contributed by atoms with Gasteiger partial charge in [0.1, 0.15) is 11.6 Å². The molecular weight excluding hydrogens is 309 g/mol. The van der Waals surface area contributed by atoms with Crippen LogP contribution in [0.1, 0.15) is 24.7 Å². The fraction of sp³-hybridized carbons (Fsp3) is 0.400. The molecule has 1 aliphatic heterocycles. The van der Waals surface area contributed by atoms with E-state index in [1.807, 2.05) is 18.2 Å². The molecule has 3 rings (SSSR count). The van der Waals surface area contributed by atoms with Crippen LogP contribution in [0.2, 0.25) is 0 Å². The Labute approximate surface area is 137 Å². The molecule has 0 aliphatic carbocycles. The van der Waals surface area contributed by atoms with Gasteiger partial charge in [-0.1, -0.05) is 19.1 Å². The van der Waals surface area contributed by atoms with E-state index in [-0.39, 0.29) is 24.8 Å². The molecule has 21 heavy (non-hydrogen) atoms. The van der Waals surface area contributed by atoms with Gasteiger partial charge in [-0.05, 0) is 18.6 Å². The van der Waals surface area contributed by atoms with Crippen LogP contribution >= 0.6 is 24.8 Å². The summed E-state index contributed by atoms with van der Waals surface area (Å²) in [5.41, 5.74) is 3.48. The van der Waals surface area contributed by atoms with Crippen molar-refractivity contribution in [2.75, 3.05) is 13.2 Å². The highest BCUT2D eigenvalue weighted by molar-refractivity contribution is 5.85. The summed E-state index contributed by atoms with van der Waals surface area (Å²) in [5.74, 6) is 1.85. The number of hydrogen-bond acceptors (Lipinski definition) is 3. The van der Waals surface area contributed by atoms with E-state index in [2.05, 4.69) is 23.3 Å². The molecule has 0 fully saturated rings. The first-order valence-electron chi connectivity index (χ1n) is 6.88. The summed E-state index contributed by atoms with van der Waals surface area (Å²) in [4.78, 5) is 8.10. The van der Waals surface area contributed by atoms with E-state index in [4.69, 9.17) is 9.72 Å². The zero-order valence-corrected chi connectivity index (χ0v) is 13.6. The number of aromatic nitrogens is 2. The SMILES string of the molecule is CCCOc1cccc(-c2nc3c([nH]2)CNCC3)c1.Cl.Cl. The second-order valence-corrected chi connectivity index (χ2v) is 4.81. The van der Waals surface area contributed by atoms with Gasteiger partial charge in [-0.15, -0.1) is 24.8 Å². The molecule has 2 aromatic rings. The number of aromatic amines is 1. The molecule has 1 aliphatic rings. The summed E-state index contributed by atoms with van der Waals surface area (Å²) >= 11 is 0. The summed E-state index contributed by atoms with van der Waals surface area (Å²) in [7, 11) is 0. The van der Waals surface area contributed by atoms with Crippen molar-refractivity contribution in [2.24, 2.45) is 0 Å². The van der Waals surface area contributed by atoms with Gasteiger partial charge >= 0.3 is 0 Å². The van der Waals surface area contributed by atoms with Crippen LogP contribution in [0.3, 0.4) is 0 Å². The van der Waals surface area contributed by atoms with Crippen LogP contribution < -0.4 is 10.1 Å². The van der Waals surface area contributed by atoms with Gasteiger partial charge in [-0.2, -0.15) is 0 Å². The zero-order chi connectivity index (χ0) is 13.1. The molecule has 0 unspecified atom stereocenters. The van der Waals surface area contributed by atoms with Crippen molar-refractivity contribution >= 4 is 24.8 Å². The summed E-state index contributed by atoms with van der Waals surface area (Å²) in [5, 5.41) is 3.35. The molecule has 1 aromatic carbocycles. The maximum atomic E-state index is 5.67. The van der Waals surface area contributed by atoms with Crippen LogP contribution in [0.4, 0.5) is 0 Å². The molecule has 2 N–H and O–H groups in total. The number of halogens is 2. The van der Waals surface area contributed by atoms with Crippen molar-refractivity contribution in [2.45, 2.75) is 26.3 Å². The first-order chi connectivity index (χ1) is 9.36. The number of imidazole rings is 1. The first-order valence-corrected chi connectivity index (χ1v) is 6.88. The highest BCUT2D eigenvalue weighted by atomic mass is 35.5. The normalized spacial score (nSPS) is 12.8. The lowest BCUT2D eigenvalue weighted by Gasteiger charge is -2.09. The average molecular weight is 330 g/mol. The maximum absolute atomic E-state index is 5.67. The monoisotopic (exact) mass is 329 g/mol. The van der Waals surface area contributed by atoms with Gasteiger partial charge in [-0.3, -0.25) is 0 Å². The molecule has 0 bridgehead atoms. The summed E-state index contributed by atoms with van der Waals surface area (Å²) in [6.07, 6.45) is 2.02. The van der Waals surface area contributed by atoms with E-state index < -0.39 is 0 Å². The van der Waals surface area contributed by atoms with Gasteiger partial charge in [0.15, 0.2) is 0 Å². The Morgan fingerprint density at radius 2 is 2.14 bits per heavy atom. The molecule has 1 aromatic heterocycles. The fourth-order valence-electron chi connectivity index (χ4n) is 2.31. The van der Waals surface area contributed by atoms with E-state index in [1.54, 1.807) is 0 Å². The van der Waals surface area contributed by atoms with Gasteiger partial charge in [0, 0.05) is 25.1 Å². The molecule has 116 valence electrons. The zero-order valence-electron chi connectivity index (χ0n) is 12.0. The Morgan fingerprint density at radius 3 is 2.90 bits per heavy atom. The minimum Gasteiger partial charge on any atom is -0.494 e. The molecule has 0 amide bonds. The van der Waals surface area contributed by atoms with Gasteiger partial charge in [0.2, 0.25) is 0 Å². The number of H-pyrrole nitrogens is 1. The van der Waals surface area contributed by atoms with Crippen molar-refractivity contribution in [1.29, 1.82) is 0 Å². The highest BCUT2D eigenvalue weighted by Gasteiger charge is 2.14. The number of ether oxygens (including phenoxy) is 1. The van der Waals surface area contributed by atoms with Gasteiger partial charge in [0.05, 0.1) is 18.0 Å². The molecule has 6 heteroatoms. The van der Waals surface area contributed by atoms with Crippen LogP contribution in [-0.4, -0.2) is 23.1 Å². The molecule has 2 heterocycles. The van der Waals surface area contributed by atoms with Crippen LogP contribution in [0.25, 0.3) is 11.4 Å². The Bertz CT molecular complexity index is 548. The predicted octanol–water partition coefficient (Wildman–Crippen LogP) is 3.35. The van der Waals surface area contributed by atoms with Crippen molar-refractivity contribution in [1.82, 2.24) is 15.3 Å². The van der Waals surface area contributed by atoms with Crippen LogP contribution in [0, 0.1) is 0 Å². The van der Waals surface area contributed by atoms with Gasteiger partial charge in [-0.25, -0.2) is 4.98 Å². The first kappa shape index (κ1) is 17.8. The van der Waals surface area contributed by atoms with Crippen molar-refractivity contribution < 1.29 is 4.74 Å². The summed E-state index contributed by atoms with van der Waals surface area (Å²) in [6.45, 7) is 4.75. The van der Waals surface area contributed by atoms with Crippen LogP contribution in [0.5, 0.6) is 5.75 Å². The smallest absolute Gasteiger partial charge is 0.137 e. The molecule has 0 saturated carbocycles. The molecule has 0 radical (unpaired) electrons. The average Bonchev–Trinajstić information content (AvgIpc) is 2.89. The Morgan fingerprint density at radius 1 is 1.29 bits per heavy atom. The molecule has 0 saturated heterocycles. The molecule has 0 spiro atoms. The predicted molar refractivity (Wildman–Crippen MR) is 89.7 cm³/mol. The van der Waals surface area contributed by atoms with E-state index >= 15 is 0 Å². The Hall–Kier alpha value is -1.23. The van der Waals surface area contributed by atoms with Crippen molar-refractivity contribution in [3.05, 3.63) is 35.7 Å². The summed E-state index contributed by atoms with van der Waals surface area (Å²) in [6, 6.07) is 8.12. The standard InChI is InChI=1S/C15H19N3O.2ClH/c1-2-8-19-12-5-3-4-11(9-12)15-17-13-6-7-16-10-14(13)18-15;;/h3-5,9,16H,2,6-8,10H2,1H3,(H,17,18);2*1H. The third-order valence-electron chi connectivity index (χ3n) is 3.29. The van der Waals surface area contributed by atoms with Crippen LogP contribution in [0.15, 0.2) is 24.3 Å². The molecule has 4 nitrogen and oxygen atoms in total. The largest absolute Gasteiger partial charge is 0.494 e. The minimum atomic E-state index is 0. The number of nitrogens with zero attached hydrogens (tertiary/aromatic N) is 1. The fourth-order valence-corrected chi connectivity index (χ4v) is 2.31. The molecule has 0 atom stereocenters. The number of nitrogens with one attached hydrogen (secondary N) is 2. The lowest BCUT2D eigenvalue weighted by Crippen LogP contribution is -2.23. The van der Waals surface area contributed by atoms with Gasteiger partial charge < -0.3 is 15.0 Å². The Kier molecular flexibility index (Phi) is 7.02. The van der Waals surface area contributed by atoms with Crippen molar-refractivity contribution in [3.63, 3.8) is 0 Å². The topological polar surface area (TPSA) is 49.9 Å².